The number of anilines is 1. The van der Waals surface area contributed by atoms with Gasteiger partial charge in [-0.15, -0.1) is 0 Å². The molecule has 0 amide bonds. The molecule has 5 aliphatic rings. The van der Waals surface area contributed by atoms with Gasteiger partial charge in [0.25, 0.3) is 5.88 Å². The molecule has 5 atom stereocenters. The summed E-state index contributed by atoms with van der Waals surface area (Å²) in [6.45, 7) is 4.56. The summed E-state index contributed by atoms with van der Waals surface area (Å²) >= 11 is 0. The first-order valence-corrected chi connectivity index (χ1v) is 15.9. The van der Waals surface area contributed by atoms with E-state index in [9.17, 15) is 9.50 Å². The molecule has 6 heterocycles. The van der Waals surface area contributed by atoms with Crippen LogP contribution in [-0.2, 0) is 6.42 Å². The minimum atomic E-state index is -0.938. The van der Waals surface area contributed by atoms with Crippen LogP contribution in [0.4, 0.5) is 18.9 Å². The maximum atomic E-state index is 16.7. The summed E-state index contributed by atoms with van der Waals surface area (Å²) in [5.41, 5.74) is 2.42. The molecule has 4 saturated heterocycles. The molecule has 3 aromatic rings. The van der Waals surface area contributed by atoms with Gasteiger partial charge < -0.3 is 20.1 Å². The monoisotopic (exact) mass is 593 g/mol. The first kappa shape index (κ1) is 27.4. The lowest BCUT2D eigenvalue weighted by molar-refractivity contribution is 0.108. The molecule has 4 aliphatic heterocycles. The van der Waals surface area contributed by atoms with Crippen LogP contribution < -0.4 is 15.0 Å². The maximum absolute atomic E-state index is 16.7. The Kier molecular flexibility index (Phi) is 6.53. The number of ether oxygens (including phenoxy) is 1. The highest BCUT2D eigenvalue weighted by atomic mass is 19.1. The topological polar surface area (TPSA) is 73.8 Å². The number of fused-ring (bicyclic) bond motifs is 5. The average Bonchev–Trinajstić information content (AvgIpc) is 3.62. The molecular formula is C33H38F3N5O2. The van der Waals surface area contributed by atoms with E-state index < -0.39 is 23.3 Å². The van der Waals surface area contributed by atoms with Crippen molar-refractivity contribution >= 4 is 16.6 Å². The van der Waals surface area contributed by atoms with E-state index in [1.165, 1.54) is 6.20 Å². The highest BCUT2D eigenvalue weighted by Gasteiger charge is 2.49. The molecule has 4 fully saturated rings. The number of nitrogens with one attached hydrogen (secondary N) is 1. The molecule has 2 bridgehead atoms. The third-order valence-corrected chi connectivity index (χ3v) is 10.7. The van der Waals surface area contributed by atoms with Crippen LogP contribution in [0.5, 0.6) is 11.6 Å². The molecule has 10 heteroatoms. The van der Waals surface area contributed by atoms with Crippen LogP contribution in [0.2, 0.25) is 0 Å². The first-order chi connectivity index (χ1) is 20.8. The number of phenols is 1. The van der Waals surface area contributed by atoms with Crippen molar-refractivity contribution in [3.63, 3.8) is 0 Å². The average molecular weight is 594 g/mol. The molecule has 0 spiro atoms. The van der Waals surface area contributed by atoms with Gasteiger partial charge in [-0.1, -0.05) is 6.92 Å². The van der Waals surface area contributed by atoms with Gasteiger partial charge in [-0.05, 0) is 80.7 Å². The number of piperazine rings is 1. The quantitative estimate of drug-likeness (QED) is 0.398. The van der Waals surface area contributed by atoms with Crippen molar-refractivity contribution in [3.8, 4) is 22.9 Å². The largest absolute Gasteiger partial charge is 0.508 e. The number of hydrogen-bond donors (Lipinski definition) is 2. The van der Waals surface area contributed by atoms with Gasteiger partial charge in [0.2, 0.25) is 5.82 Å². The molecule has 0 saturated carbocycles. The number of aromatic hydroxyl groups is 1. The van der Waals surface area contributed by atoms with E-state index in [2.05, 4.69) is 27.1 Å². The highest BCUT2D eigenvalue weighted by molar-refractivity contribution is 5.95. The number of aromatic nitrogens is 2. The van der Waals surface area contributed by atoms with E-state index in [1.54, 1.807) is 12.1 Å². The second-order valence-electron chi connectivity index (χ2n) is 13.5. The Bertz CT molecular complexity index is 1590. The molecular weight excluding hydrogens is 555 g/mol. The summed E-state index contributed by atoms with van der Waals surface area (Å²) in [6, 6.07) is 3.80. The molecule has 2 N–H and O–H groups in total. The Morgan fingerprint density at radius 3 is 2.72 bits per heavy atom. The van der Waals surface area contributed by atoms with Crippen molar-refractivity contribution in [2.24, 2.45) is 0 Å². The number of nitrogens with zero attached hydrogens (tertiary/aromatic N) is 4. The number of phenolic OH excluding ortho intramolecular Hbond substituents is 1. The van der Waals surface area contributed by atoms with Crippen LogP contribution >= 0.6 is 0 Å². The van der Waals surface area contributed by atoms with E-state index in [0.717, 1.165) is 62.6 Å². The molecule has 8 rings (SSSR count). The zero-order chi connectivity index (χ0) is 29.5. The van der Waals surface area contributed by atoms with Gasteiger partial charge in [-0.2, -0.15) is 4.39 Å². The van der Waals surface area contributed by atoms with Crippen LogP contribution in [0, 0.1) is 11.6 Å². The maximum Gasteiger partial charge on any atom is 0.253 e. The van der Waals surface area contributed by atoms with E-state index in [1.807, 2.05) is 4.90 Å². The standard InChI is InChI=1S/C33H38F3N5O2/c1-18-4-2-5-19-10-23(42)11-24(26(18)19)29-27(35)30-25(13-37-29)31(40-15-21-6-7-22(16-40)38-21)28(36)32(39-30)43-17-33-8-3-9-41(33)14-20(34)12-33/h10-11,13,18,20-22,38,42H,2-9,12,14-17H2,1H3/t18?,20-,21-,22+,33+/m1/s1. The van der Waals surface area contributed by atoms with Gasteiger partial charge in [-0.3, -0.25) is 9.88 Å². The smallest absolute Gasteiger partial charge is 0.253 e. The Balaban J connectivity index is 1.26. The third-order valence-electron chi connectivity index (χ3n) is 10.7. The van der Waals surface area contributed by atoms with E-state index in [-0.39, 0.29) is 53.1 Å². The lowest BCUT2D eigenvalue weighted by Gasteiger charge is -2.36. The van der Waals surface area contributed by atoms with Gasteiger partial charge in [-0.25, -0.2) is 13.8 Å². The minimum Gasteiger partial charge on any atom is -0.508 e. The molecule has 1 aromatic carbocycles. The molecule has 1 unspecified atom stereocenters. The second-order valence-corrected chi connectivity index (χ2v) is 13.5. The van der Waals surface area contributed by atoms with E-state index in [4.69, 9.17) is 4.74 Å². The molecule has 1 aliphatic carbocycles. The molecule has 43 heavy (non-hydrogen) atoms. The van der Waals surface area contributed by atoms with Gasteiger partial charge >= 0.3 is 0 Å². The first-order valence-electron chi connectivity index (χ1n) is 15.9. The summed E-state index contributed by atoms with van der Waals surface area (Å²) in [5.74, 6) is -1.28. The van der Waals surface area contributed by atoms with Crippen molar-refractivity contribution in [2.75, 3.05) is 37.7 Å². The van der Waals surface area contributed by atoms with Crippen LogP contribution in [0.3, 0.4) is 0 Å². The van der Waals surface area contributed by atoms with Gasteiger partial charge in [0, 0.05) is 55.3 Å². The number of halogens is 3. The third kappa shape index (κ3) is 4.46. The Morgan fingerprint density at radius 1 is 1.09 bits per heavy atom. The van der Waals surface area contributed by atoms with Gasteiger partial charge in [0.15, 0.2) is 5.82 Å². The van der Waals surface area contributed by atoms with Crippen LogP contribution in [-0.4, -0.2) is 76.6 Å². The zero-order valence-corrected chi connectivity index (χ0v) is 24.5. The Morgan fingerprint density at radius 2 is 1.91 bits per heavy atom. The number of hydrogen-bond acceptors (Lipinski definition) is 7. The number of aryl methyl sites for hydroxylation is 1. The predicted octanol–water partition coefficient (Wildman–Crippen LogP) is 5.62. The summed E-state index contributed by atoms with van der Waals surface area (Å²) in [5, 5.41) is 14.4. The molecule has 228 valence electrons. The van der Waals surface area contributed by atoms with Crippen LogP contribution in [0.25, 0.3) is 22.2 Å². The fourth-order valence-electron chi connectivity index (χ4n) is 8.78. The van der Waals surface area contributed by atoms with E-state index in [0.29, 0.717) is 37.0 Å². The molecule has 2 aromatic heterocycles. The fraction of sp³-hybridized carbons (Fsp3) is 0.576. The number of pyridine rings is 2. The van der Waals surface area contributed by atoms with Crippen LogP contribution in [0.1, 0.15) is 68.9 Å². The van der Waals surface area contributed by atoms with Crippen molar-refractivity contribution < 1.29 is 23.0 Å². The number of benzene rings is 1. The Hall–Kier alpha value is -3.11. The van der Waals surface area contributed by atoms with Gasteiger partial charge in [0.1, 0.15) is 29.7 Å². The Labute approximate surface area is 249 Å². The summed E-state index contributed by atoms with van der Waals surface area (Å²) < 4.78 is 53.9. The van der Waals surface area contributed by atoms with Crippen molar-refractivity contribution in [3.05, 3.63) is 41.1 Å². The minimum absolute atomic E-state index is 0.00148. The lowest BCUT2D eigenvalue weighted by Crippen LogP contribution is -2.51. The molecule has 0 radical (unpaired) electrons. The van der Waals surface area contributed by atoms with Crippen molar-refractivity contribution in [1.82, 2.24) is 20.2 Å². The van der Waals surface area contributed by atoms with E-state index >= 15 is 8.78 Å². The normalized spacial score (nSPS) is 30.2. The molecule has 7 nitrogen and oxygen atoms in total. The van der Waals surface area contributed by atoms with Crippen molar-refractivity contribution in [1.29, 1.82) is 0 Å². The summed E-state index contributed by atoms with van der Waals surface area (Å²) in [4.78, 5) is 13.2. The zero-order valence-electron chi connectivity index (χ0n) is 24.5. The van der Waals surface area contributed by atoms with Gasteiger partial charge in [0.05, 0.1) is 11.2 Å². The predicted molar refractivity (Wildman–Crippen MR) is 159 cm³/mol. The fourth-order valence-corrected chi connectivity index (χ4v) is 8.78. The summed E-state index contributed by atoms with van der Waals surface area (Å²) in [6.07, 6.45) is 7.45. The number of alkyl halides is 1. The highest BCUT2D eigenvalue weighted by Crippen LogP contribution is 2.45. The lowest BCUT2D eigenvalue weighted by atomic mass is 9.80. The summed E-state index contributed by atoms with van der Waals surface area (Å²) in [7, 11) is 0. The van der Waals surface area contributed by atoms with Crippen LogP contribution in [0.15, 0.2) is 18.3 Å². The van der Waals surface area contributed by atoms with Crippen molar-refractivity contribution in [2.45, 2.75) is 88.0 Å². The number of rotatable bonds is 5. The second kappa shape index (κ2) is 10.2. The SMILES string of the molecule is CC1CCCc2cc(O)cc(-c3ncc4c(N5C[C@H]6CC[C@@H](C5)N6)c(F)c(OC[C@@]56CCCN5C[C@H](F)C6)nc4c3F)c21.